The summed E-state index contributed by atoms with van der Waals surface area (Å²) in [5.74, 6) is -3.50. The number of likely N-dealkylation sites (tertiary alicyclic amines) is 1. The molecular formula is C46H73N9O12S2. The summed E-state index contributed by atoms with van der Waals surface area (Å²) in [5, 5.41) is 17.6. The molecule has 23 heteroatoms. The molecule has 4 heterocycles. The third kappa shape index (κ3) is 14.2. The van der Waals surface area contributed by atoms with Gasteiger partial charge in [0.2, 0.25) is 57.3 Å². The van der Waals surface area contributed by atoms with Crippen molar-refractivity contribution in [3.05, 3.63) is 0 Å². The van der Waals surface area contributed by atoms with Crippen molar-refractivity contribution in [1.82, 2.24) is 46.0 Å². The monoisotopic (exact) mass is 1010 g/mol. The van der Waals surface area contributed by atoms with Gasteiger partial charge < -0.3 is 35.6 Å². The Morgan fingerprint density at radius 3 is 2.30 bits per heavy atom. The molecule has 386 valence electrons. The molecule has 6 N–H and O–H groups in total. The van der Waals surface area contributed by atoms with Crippen LogP contribution in [0.1, 0.15) is 96.3 Å². The Kier molecular flexibility index (Phi) is 18.9. The number of amides is 8. The molecule has 0 spiro atoms. The maximum atomic E-state index is 13.7. The number of likely N-dealkylation sites (N-methyl/N-ethyl adjacent to an activating group) is 1. The first-order valence-electron chi connectivity index (χ1n) is 25.1. The number of carbonyl (C=O) groups is 8. The Morgan fingerprint density at radius 1 is 0.855 bits per heavy atom. The molecule has 8 amide bonds. The van der Waals surface area contributed by atoms with Gasteiger partial charge in [0.25, 0.3) is 0 Å². The fourth-order valence-electron chi connectivity index (χ4n) is 11.2. The Labute approximate surface area is 409 Å². The van der Waals surface area contributed by atoms with Gasteiger partial charge in [-0.05, 0) is 83.1 Å². The van der Waals surface area contributed by atoms with Crippen molar-refractivity contribution in [2.45, 2.75) is 126 Å². The largest absolute Gasteiger partial charge is 0.378 e. The van der Waals surface area contributed by atoms with Crippen LogP contribution in [0.2, 0.25) is 0 Å². The summed E-state index contributed by atoms with van der Waals surface area (Å²) in [6, 6.07) is -1.65. The van der Waals surface area contributed by atoms with Crippen molar-refractivity contribution in [2.24, 2.45) is 35.5 Å². The van der Waals surface area contributed by atoms with Crippen molar-refractivity contribution >= 4 is 69.0 Å². The van der Waals surface area contributed by atoms with E-state index in [4.69, 9.17) is 9.47 Å². The number of piperidine rings is 1. The van der Waals surface area contributed by atoms with Gasteiger partial charge in [-0.1, -0.05) is 25.7 Å². The molecule has 3 saturated carbocycles. The quantitative estimate of drug-likeness (QED) is 0.0785. The number of ether oxygens (including phenoxy) is 2. The summed E-state index contributed by atoms with van der Waals surface area (Å²) < 4.78 is 37.5. The topological polar surface area (TPSA) is 271 Å². The van der Waals surface area contributed by atoms with Gasteiger partial charge in [-0.2, -0.15) is 0 Å². The van der Waals surface area contributed by atoms with Crippen LogP contribution >= 0.6 is 11.8 Å². The fraction of sp³-hybridized carbons (Fsp3) is 0.826. The summed E-state index contributed by atoms with van der Waals surface area (Å²) >= 11 is 1.66. The molecule has 7 fully saturated rings. The molecule has 0 bridgehead atoms. The van der Waals surface area contributed by atoms with E-state index >= 15 is 0 Å². The lowest BCUT2D eigenvalue weighted by Gasteiger charge is -2.30. The van der Waals surface area contributed by atoms with Crippen molar-refractivity contribution in [2.75, 3.05) is 78.1 Å². The Balaban J connectivity index is 0.765. The maximum Gasteiger partial charge on any atom is 0.249 e. The first-order chi connectivity index (χ1) is 33.0. The Bertz CT molecular complexity index is 2000. The molecule has 21 nitrogen and oxygen atoms in total. The lowest BCUT2D eigenvalue weighted by atomic mass is 9.79. The highest BCUT2D eigenvalue weighted by molar-refractivity contribution is 8.00. The highest BCUT2D eigenvalue weighted by Crippen LogP contribution is 2.41. The molecular weight excluding hydrogens is 935 g/mol. The molecule has 7 aliphatic rings. The van der Waals surface area contributed by atoms with Crippen LogP contribution in [0.4, 0.5) is 0 Å². The smallest absolute Gasteiger partial charge is 0.249 e. The number of rotatable bonds is 21. The summed E-state index contributed by atoms with van der Waals surface area (Å²) in [7, 11) is -1.55. The average molecular weight is 1010 g/mol. The van der Waals surface area contributed by atoms with Crippen LogP contribution in [0.5, 0.6) is 0 Å². The predicted molar refractivity (Wildman–Crippen MR) is 253 cm³/mol. The number of hydrogen-bond acceptors (Lipinski definition) is 15. The number of sulfonamides is 1. The Hall–Kier alpha value is -3.74. The third-order valence-electron chi connectivity index (χ3n) is 15.3. The summed E-state index contributed by atoms with van der Waals surface area (Å²) in [6.45, 7) is 2.23. The normalized spacial score (nSPS) is 30.8. The van der Waals surface area contributed by atoms with E-state index in [1.54, 1.807) is 11.8 Å². The molecule has 0 aromatic heterocycles. The van der Waals surface area contributed by atoms with Gasteiger partial charge in [-0.3, -0.25) is 53.9 Å². The zero-order valence-corrected chi connectivity index (χ0v) is 41.7. The van der Waals surface area contributed by atoms with Crippen LogP contribution < -0.4 is 31.9 Å². The lowest BCUT2D eigenvalue weighted by Crippen LogP contribution is -2.55. The van der Waals surface area contributed by atoms with E-state index in [2.05, 4.69) is 31.9 Å². The number of fused-ring (bicyclic) bond motifs is 1. The van der Waals surface area contributed by atoms with Gasteiger partial charge in [0.1, 0.15) is 24.2 Å². The molecule has 4 aliphatic heterocycles. The number of imide groups is 2. The molecule has 0 aromatic rings. The van der Waals surface area contributed by atoms with Gasteiger partial charge in [0, 0.05) is 70.0 Å². The van der Waals surface area contributed by atoms with Crippen LogP contribution in [0.25, 0.3) is 0 Å². The number of thioether (sulfide) groups is 1. The summed E-state index contributed by atoms with van der Waals surface area (Å²) in [5.41, 5.74) is -0.277. The van der Waals surface area contributed by atoms with Gasteiger partial charge in [0.05, 0.1) is 36.7 Å². The van der Waals surface area contributed by atoms with Crippen molar-refractivity contribution in [3.8, 4) is 0 Å². The van der Waals surface area contributed by atoms with E-state index in [0.29, 0.717) is 83.3 Å². The highest BCUT2D eigenvalue weighted by Gasteiger charge is 2.56. The van der Waals surface area contributed by atoms with Gasteiger partial charge >= 0.3 is 0 Å². The summed E-state index contributed by atoms with van der Waals surface area (Å²) in [4.78, 5) is 107. The molecule has 7 unspecified atom stereocenters. The zero-order valence-electron chi connectivity index (χ0n) is 40.1. The molecule has 0 radical (unpaired) electrons. The minimum atomic E-state index is -3.43. The van der Waals surface area contributed by atoms with Crippen LogP contribution in [-0.4, -0.2) is 178 Å². The van der Waals surface area contributed by atoms with Crippen LogP contribution in [0.3, 0.4) is 0 Å². The van der Waals surface area contributed by atoms with Gasteiger partial charge in [0.15, 0.2) is 0 Å². The van der Waals surface area contributed by atoms with Crippen molar-refractivity contribution in [1.29, 1.82) is 0 Å². The highest BCUT2D eigenvalue weighted by atomic mass is 32.2. The van der Waals surface area contributed by atoms with E-state index in [-0.39, 0.29) is 80.1 Å². The van der Waals surface area contributed by atoms with Crippen molar-refractivity contribution in [3.63, 3.8) is 0 Å². The molecule has 8 atom stereocenters. The first-order valence-corrected chi connectivity index (χ1v) is 28.0. The molecule has 3 aliphatic carbocycles. The van der Waals surface area contributed by atoms with Crippen LogP contribution in [0, 0.1) is 35.5 Å². The van der Waals surface area contributed by atoms with Gasteiger partial charge in [-0.25, -0.2) is 12.7 Å². The third-order valence-corrected chi connectivity index (χ3v) is 17.7. The minimum Gasteiger partial charge on any atom is -0.378 e. The number of nitrogens with one attached hydrogen (secondary N) is 6. The van der Waals surface area contributed by atoms with Crippen LogP contribution in [-0.2, 0) is 57.9 Å². The van der Waals surface area contributed by atoms with E-state index in [1.807, 2.05) is 11.9 Å². The second-order valence-electron chi connectivity index (χ2n) is 20.2. The average Bonchev–Trinajstić information content (AvgIpc) is 4.08. The van der Waals surface area contributed by atoms with Crippen molar-refractivity contribution < 1.29 is 56.2 Å². The minimum absolute atomic E-state index is 0.00855. The fourth-order valence-corrected chi connectivity index (χ4v) is 13.3. The molecule has 0 aromatic carbocycles. The van der Waals surface area contributed by atoms with E-state index in [9.17, 15) is 46.8 Å². The molecule has 4 saturated heterocycles. The lowest BCUT2D eigenvalue weighted by molar-refractivity contribution is -0.152. The number of hydrogen-bond donors (Lipinski definition) is 6. The van der Waals surface area contributed by atoms with Gasteiger partial charge in [-0.15, -0.1) is 11.8 Å². The van der Waals surface area contributed by atoms with E-state index < -0.39 is 69.6 Å². The molecule has 7 rings (SSSR count). The predicted octanol–water partition coefficient (Wildman–Crippen LogP) is -0.599. The summed E-state index contributed by atoms with van der Waals surface area (Å²) in [6.07, 6.45) is 11.7. The second-order valence-corrected chi connectivity index (χ2v) is 23.3. The zero-order chi connectivity index (χ0) is 49.2. The standard InChI is InChI=1S/C46H73N9O12S2/c1-53(21-18-47-38(57)26-67-36-10-6-9-32-39(36)45(63)55(44(32)62)35-15-16-37(56)51-43(35)61)22-19-48-40(58)30-13-11-28(12-14-30)24-66-25-33(49-41(59)31-17-20-54(23-31)69(2,64)65)42(60)52-46-50-34(27-68-46)29-7-4-3-5-8-29/h28-36,39,46,50H,3-27H2,1-2H3,(H,47,57)(H,48,58)(H,49,59)(H,52,60)(H,51,56,61)/t28?,30?,31?,32?,33-,34?,35?,36?,39?,46?/m0/s1. The first kappa shape index (κ1) is 53.1. The van der Waals surface area contributed by atoms with E-state index in [1.165, 1.54) is 36.4 Å². The number of carbonyl (C=O) groups excluding carboxylic acids is 8. The number of nitrogens with zero attached hydrogens (tertiary/aromatic N) is 3. The van der Waals surface area contributed by atoms with Crippen LogP contribution in [0.15, 0.2) is 0 Å². The SMILES string of the molecule is CN(CCNC(=O)COC1CCCC2C(=O)N(C3CCC(=O)NC3=O)C(=O)C12)CCNC(=O)C1CCC(COC[C@H](NC(=O)C2CCN(S(C)(=O)=O)C2)C(=O)NC2NC(C3CCCCC3)CS2)CC1. The Morgan fingerprint density at radius 2 is 1.59 bits per heavy atom. The van der Waals surface area contributed by atoms with E-state index in [0.717, 1.165) is 29.8 Å². The maximum absolute atomic E-state index is 13.7. The molecule has 69 heavy (non-hydrogen) atoms. The second kappa shape index (κ2) is 24.6.